The van der Waals surface area contributed by atoms with Gasteiger partial charge in [0.15, 0.2) is 0 Å². The Bertz CT molecular complexity index is 646. The fourth-order valence-corrected chi connectivity index (χ4v) is 8.07. The average Bonchev–Trinajstić information content (AvgIpc) is 3.25. The molecule has 3 aliphatic rings. The van der Waals surface area contributed by atoms with Crippen LogP contribution in [0, 0.1) is 17.3 Å². The topological polar surface area (TPSA) is 61.4 Å². The van der Waals surface area contributed by atoms with E-state index in [1.165, 1.54) is 64.2 Å². The van der Waals surface area contributed by atoms with E-state index in [0.29, 0.717) is 28.5 Å². The quantitative estimate of drug-likeness (QED) is 0.476. The summed E-state index contributed by atoms with van der Waals surface area (Å²) in [7, 11) is 0. The van der Waals surface area contributed by atoms with E-state index in [-0.39, 0.29) is 11.3 Å². The number of hydrogen-bond donors (Lipinski definition) is 2. The molecule has 4 unspecified atom stereocenters. The SMILES string of the molecule is CCC(C)(C)C(=O)N1CCCC(C2NC(CCNC(C)=O)C(C3CCCCCCCCC3)S2)C1. The first-order valence-electron chi connectivity index (χ1n) is 14.3. The van der Waals surface area contributed by atoms with E-state index >= 15 is 0 Å². The number of carbonyl (C=O) groups excluding carboxylic acids is 2. The van der Waals surface area contributed by atoms with Crippen LogP contribution in [0.1, 0.15) is 111 Å². The van der Waals surface area contributed by atoms with Gasteiger partial charge in [-0.25, -0.2) is 0 Å². The molecule has 3 rings (SSSR count). The number of thioether (sulfide) groups is 1. The first kappa shape index (κ1) is 27.8. The van der Waals surface area contributed by atoms with Gasteiger partial charge in [0.05, 0.1) is 5.37 Å². The van der Waals surface area contributed by atoms with E-state index in [1.54, 1.807) is 6.92 Å². The second-order valence-electron chi connectivity index (χ2n) is 11.8. The van der Waals surface area contributed by atoms with E-state index in [9.17, 15) is 9.59 Å². The number of nitrogens with zero attached hydrogens (tertiary/aromatic N) is 1. The van der Waals surface area contributed by atoms with Gasteiger partial charge >= 0.3 is 0 Å². The lowest BCUT2D eigenvalue weighted by Gasteiger charge is -2.39. The van der Waals surface area contributed by atoms with Crippen LogP contribution in [0.3, 0.4) is 0 Å². The number of rotatable bonds is 7. The molecular weight excluding hydrogens is 442 g/mol. The maximum atomic E-state index is 13.2. The molecule has 0 radical (unpaired) electrons. The first-order chi connectivity index (χ1) is 16.3. The lowest BCUT2D eigenvalue weighted by atomic mass is 9.86. The van der Waals surface area contributed by atoms with Crippen molar-refractivity contribution in [2.45, 2.75) is 128 Å². The highest BCUT2D eigenvalue weighted by atomic mass is 32.2. The van der Waals surface area contributed by atoms with Crippen LogP contribution in [0.15, 0.2) is 0 Å². The van der Waals surface area contributed by atoms with Crippen molar-refractivity contribution in [2.75, 3.05) is 19.6 Å². The molecule has 0 aromatic carbocycles. The van der Waals surface area contributed by atoms with E-state index < -0.39 is 0 Å². The zero-order chi connectivity index (χ0) is 24.6. The molecule has 34 heavy (non-hydrogen) atoms. The second kappa shape index (κ2) is 13.5. The van der Waals surface area contributed by atoms with Crippen LogP contribution in [-0.2, 0) is 9.59 Å². The molecule has 6 heteroatoms. The number of nitrogens with one attached hydrogen (secondary N) is 2. The number of hydrogen-bond acceptors (Lipinski definition) is 4. The number of carbonyl (C=O) groups is 2. The minimum atomic E-state index is -0.266. The van der Waals surface area contributed by atoms with Gasteiger partial charge in [0.25, 0.3) is 0 Å². The molecule has 2 N–H and O–H groups in total. The smallest absolute Gasteiger partial charge is 0.228 e. The highest BCUT2D eigenvalue weighted by Crippen LogP contribution is 2.43. The molecule has 0 bridgehead atoms. The standard InChI is InChI=1S/C28H51N3O2S/c1-5-28(3,4)27(33)31-19-13-16-23(20-31)26-30-24(17-18-29-21(2)32)25(34-26)22-14-11-9-7-6-8-10-12-15-22/h22-26,30H,5-20H2,1-4H3,(H,29,32). The molecule has 3 fully saturated rings. The van der Waals surface area contributed by atoms with Crippen molar-refractivity contribution in [1.82, 2.24) is 15.5 Å². The molecule has 2 heterocycles. The summed E-state index contributed by atoms with van der Waals surface area (Å²) in [5.74, 6) is 1.68. The summed E-state index contributed by atoms with van der Waals surface area (Å²) in [5, 5.41) is 8.11. The first-order valence-corrected chi connectivity index (χ1v) is 15.2. The Labute approximate surface area is 213 Å². The van der Waals surface area contributed by atoms with E-state index in [4.69, 9.17) is 0 Å². The predicted octanol–water partition coefficient (Wildman–Crippen LogP) is 5.73. The summed E-state index contributed by atoms with van der Waals surface area (Å²) >= 11 is 2.18. The van der Waals surface area contributed by atoms with Crippen molar-refractivity contribution < 1.29 is 9.59 Å². The Kier molecular flexibility index (Phi) is 11.1. The molecule has 1 aliphatic carbocycles. The highest BCUT2D eigenvalue weighted by molar-refractivity contribution is 8.00. The Hall–Kier alpha value is -0.750. The van der Waals surface area contributed by atoms with Gasteiger partial charge in [-0.3, -0.25) is 9.59 Å². The summed E-state index contributed by atoms with van der Waals surface area (Å²) in [6, 6.07) is 0.452. The third kappa shape index (κ3) is 7.88. The van der Waals surface area contributed by atoms with Crippen LogP contribution in [0.25, 0.3) is 0 Å². The third-order valence-corrected chi connectivity index (χ3v) is 10.5. The minimum Gasteiger partial charge on any atom is -0.356 e. The number of likely N-dealkylation sites (tertiary alicyclic amines) is 1. The molecule has 5 nitrogen and oxygen atoms in total. The van der Waals surface area contributed by atoms with Crippen LogP contribution in [0.5, 0.6) is 0 Å². The average molecular weight is 494 g/mol. The fraction of sp³-hybridized carbons (Fsp3) is 0.929. The Balaban J connectivity index is 1.67. The second-order valence-corrected chi connectivity index (χ2v) is 13.1. The normalized spacial score (nSPS) is 30.2. The number of amides is 2. The van der Waals surface area contributed by atoms with Gasteiger partial charge in [0.1, 0.15) is 0 Å². The molecule has 196 valence electrons. The Morgan fingerprint density at radius 1 is 0.971 bits per heavy atom. The predicted molar refractivity (Wildman–Crippen MR) is 144 cm³/mol. The largest absolute Gasteiger partial charge is 0.356 e. The van der Waals surface area contributed by atoms with Crippen molar-refractivity contribution in [3.63, 3.8) is 0 Å². The summed E-state index contributed by atoms with van der Waals surface area (Å²) in [6.07, 6.45) is 16.6. The van der Waals surface area contributed by atoms with E-state index in [2.05, 4.69) is 48.1 Å². The van der Waals surface area contributed by atoms with Gasteiger partial charge in [0.2, 0.25) is 11.8 Å². The monoisotopic (exact) mass is 493 g/mol. The lowest BCUT2D eigenvalue weighted by Crippen LogP contribution is -2.50. The maximum absolute atomic E-state index is 13.2. The zero-order valence-electron chi connectivity index (χ0n) is 22.4. The lowest BCUT2D eigenvalue weighted by molar-refractivity contribution is -0.142. The molecule has 2 aliphatic heterocycles. The minimum absolute atomic E-state index is 0.0671. The maximum Gasteiger partial charge on any atom is 0.228 e. The van der Waals surface area contributed by atoms with Crippen molar-refractivity contribution in [3.8, 4) is 0 Å². The molecular formula is C28H51N3O2S. The van der Waals surface area contributed by atoms with Crippen LogP contribution >= 0.6 is 11.8 Å². The zero-order valence-corrected chi connectivity index (χ0v) is 23.2. The van der Waals surface area contributed by atoms with Crippen molar-refractivity contribution in [2.24, 2.45) is 17.3 Å². The van der Waals surface area contributed by atoms with Gasteiger partial charge in [-0.05, 0) is 44.4 Å². The van der Waals surface area contributed by atoms with Crippen LogP contribution < -0.4 is 10.6 Å². The van der Waals surface area contributed by atoms with Crippen molar-refractivity contribution in [3.05, 3.63) is 0 Å². The van der Waals surface area contributed by atoms with E-state index in [0.717, 1.165) is 44.8 Å². The van der Waals surface area contributed by atoms with Gasteiger partial charge in [-0.15, -0.1) is 11.8 Å². The molecule has 0 aromatic heterocycles. The fourth-order valence-electron chi connectivity index (χ4n) is 6.14. The van der Waals surface area contributed by atoms with Crippen LogP contribution in [-0.4, -0.2) is 53.0 Å². The molecule has 0 aromatic rings. The van der Waals surface area contributed by atoms with E-state index in [1.807, 2.05) is 0 Å². The summed E-state index contributed by atoms with van der Waals surface area (Å²) in [5.41, 5.74) is -0.266. The van der Waals surface area contributed by atoms with Crippen LogP contribution in [0.2, 0.25) is 0 Å². The Morgan fingerprint density at radius 3 is 2.21 bits per heavy atom. The van der Waals surface area contributed by atoms with Crippen LogP contribution in [0.4, 0.5) is 0 Å². The molecule has 1 saturated carbocycles. The van der Waals surface area contributed by atoms with Gasteiger partial charge in [-0.1, -0.05) is 65.7 Å². The van der Waals surface area contributed by atoms with Crippen molar-refractivity contribution in [1.29, 1.82) is 0 Å². The molecule has 2 saturated heterocycles. The van der Waals surface area contributed by atoms with Gasteiger partial charge in [-0.2, -0.15) is 0 Å². The van der Waals surface area contributed by atoms with Crippen molar-refractivity contribution >= 4 is 23.6 Å². The summed E-state index contributed by atoms with van der Waals surface area (Å²) in [4.78, 5) is 26.8. The molecule has 2 amide bonds. The summed E-state index contributed by atoms with van der Waals surface area (Å²) in [6.45, 7) is 10.5. The highest BCUT2D eigenvalue weighted by Gasteiger charge is 2.43. The molecule has 4 atom stereocenters. The third-order valence-electron chi connectivity index (χ3n) is 8.66. The Morgan fingerprint density at radius 2 is 1.59 bits per heavy atom. The molecule has 0 spiro atoms. The van der Waals surface area contributed by atoms with Gasteiger partial charge < -0.3 is 15.5 Å². The summed E-state index contributed by atoms with van der Waals surface area (Å²) < 4.78 is 0. The van der Waals surface area contributed by atoms with Gasteiger partial charge in [0, 0.05) is 49.2 Å². The number of piperidine rings is 1.